The van der Waals surface area contributed by atoms with E-state index in [1.807, 2.05) is 37.3 Å². The quantitative estimate of drug-likeness (QED) is 0.785. The average Bonchev–Trinajstić information content (AvgIpc) is 2.39. The van der Waals surface area contributed by atoms with Crippen molar-refractivity contribution in [3.8, 4) is 5.75 Å². The normalized spacial score (nSPS) is 10.3. The summed E-state index contributed by atoms with van der Waals surface area (Å²) in [7, 11) is 1.60. The summed E-state index contributed by atoms with van der Waals surface area (Å²) < 4.78 is 5.23. The highest BCUT2D eigenvalue weighted by molar-refractivity contribution is 6.30. The van der Waals surface area contributed by atoms with Crippen molar-refractivity contribution >= 4 is 17.4 Å². The molecule has 0 N–H and O–H groups in total. The SMILES string of the molecule is COc1cc(C(=O)Cc2cccc(Cl)c2)ccc1C. The van der Waals surface area contributed by atoms with Crippen LogP contribution >= 0.6 is 11.6 Å². The molecule has 2 nitrogen and oxygen atoms in total. The van der Waals surface area contributed by atoms with E-state index in [1.165, 1.54) is 0 Å². The first-order valence-corrected chi connectivity index (χ1v) is 6.40. The molecule has 98 valence electrons. The van der Waals surface area contributed by atoms with Gasteiger partial charge in [-0.2, -0.15) is 0 Å². The van der Waals surface area contributed by atoms with Crippen LogP contribution in [0.25, 0.3) is 0 Å². The van der Waals surface area contributed by atoms with Gasteiger partial charge in [-0.3, -0.25) is 4.79 Å². The van der Waals surface area contributed by atoms with Crippen molar-refractivity contribution in [1.82, 2.24) is 0 Å². The number of methoxy groups -OCH3 is 1. The van der Waals surface area contributed by atoms with Crippen LogP contribution in [0.1, 0.15) is 21.5 Å². The molecule has 0 aromatic heterocycles. The Kier molecular flexibility index (Phi) is 4.23. The van der Waals surface area contributed by atoms with Crippen LogP contribution in [0, 0.1) is 6.92 Å². The Hall–Kier alpha value is -1.80. The van der Waals surface area contributed by atoms with Crippen LogP contribution < -0.4 is 4.74 Å². The molecule has 2 rings (SSSR count). The molecule has 0 spiro atoms. The summed E-state index contributed by atoms with van der Waals surface area (Å²) in [6.45, 7) is 1.95. The maximum atomic E-state index is 12.2. The Bertz CT molecular complexity index is 605. The Morgan fingerprint density at radius 1 is 1.21 bits per heavy atom. The number of hydrogen-bond acceptors (Lipinski definition) is 2. The van der Waals surface area contributed by atoms with E-state index in [0.29, 0.717) is 17.0 Å². The highest BCUT2D eigenvalue weighted by atomic mass is 35.5. The molecule has 0 amide bonds. The first kappa shape index (κ1) is 13.6. The van der Waals surface area contributed by atoms with Gasteiger partial charge < -0.3 is 4.74 Å². The Morgan fingerprint density at radius 2 is 2.00 bits per heavy atom. The van der Waals surface area contributed by atoms with E-state index in [-0.39, 0.29) is 5.78 Å². The lowest BCUT2D eigenvalue weighted by Crippen LogP contribution is -2.04. The number of ether oxygens (including phenoxy) is 1. The van der Waals surface area contributed by atoms with E-state index >= 15 is 0 Å². The van der Waals surface area contributed by atoms with Crippen LogP contribution in [-0.2, 0) is 6.42 Å². The number of ketones is 1. The third-order valence-electron chi connectivity index (χ3n) is 2.98. The number of carbonyl (C=O) groups is 1. The standard InChI is InChI=1S/C16H15ClO2/c1-11-6-7-13(10-16(11)19-2)15(18)9-12-4-3-5-14(17)8-12/h3-8,10H,9H2,1-2H3. The van der Waals surface area contributed by atoms with Crippen LogP contribution in [0.3, 0.4) is 0 Å². The summed E-state index contributed by atoms with van der Waals surface area (Å²) in [5.74, 6) is 0.789. The van der Waals surface area contributed by atoms with Gasteiger partial charge in [-0.25, -0.2) is 0 Å². The van der Waals surface area contributed by atoms with Crippen molar-refractivity contribution in [2.24, 2.45) is 0 Å². The lowest BCUT2D eigenvalue weighted by molar-refractivity contribution is 0.0992. The van der Waals surface area contributed by atoms with Crippen molar-refractivity contribution in [3.05, 3.63) is 64.2 Å². The van der Waals surface area contributed by atoms with E-state index in [4.69, 9.17) is 16.3 Å². The van der Waals surface area contributed by atoms with Gasteiger partial charge in [-0.05, 0) is 36.2 Å². The van der Waals surface area contributed by atoms with E-state index in [9.17, 15) is 4.79 Å². The summed E-state index contributed by atoms with van der Waals surface area (Å²) in [5.41, 5.74) is 2.58. The second kappa shape index (κ2) is 5.89. The van der Waals surface area contributed by atoms with Gasteiger partial charge in [-0.15, -0.1) is 0 Å². The van der Waals surface area contributed by atoms with Crippen LogP contribution in [0.5, 0.6) is 5.75 Å². The molecule has 0 saturated heterocycles. The molecule has 0 atom stereocenters. The number of rotatable bonds is 4. The maximum Gasteiger partial charge on any atom is 0.167 e. The molecule has 2 aromatic rings. The largest absolute Gasteiger partial charge is 0.496 e. The topological polar surface area (TPSA) is 26.3 Å². The summed E-state index contributed by atoms with van der Waals surface area (Å²) in [4.78, 5) is 12.2. The van der Waals surface area contributed by atoms with Gasteiger partial charge in [0.1, 0.15) is 5.75 Å². The van der Waals surface area contributed by atoms with Crippen LogP contribution in [0.15, 0.2) is 42.5 Å². The Labute approximate surface area is 118 Å². The van der Waals surface area contributed by atoms with E-state index in [1.54, 1.807) is 19.2 Å². The minimum Gasteiger partial charge on any atom is -0.496 e. The van der Waals surface area contributed by atoms with Gasteiger partial charge >= 0.3 is 0 Å². The summed E-state index contributed by atoms with van der Waals surface area (Å²) in [6.07, 6.45) is 0.340. The molecule has 0 heterocycles. The van der Waals surface area contributed by atoms with Gasteiger partial charge in [0.25, 0.3) is 0 Å². The van der Waals surface area contributed by atoms with Crippen molar-refractivity contribution in [1.29, 1.82) is 0 Å². The van der Waals surface area contributed by atoms with Gasteiger partial charge in [0.15, 0.2) is 5.78 Å². The Balaban J connectivity index is 2.20. The molecule has 0 bridgehead atoms. The molecule has 0 aliphatic rings. The summed E-state index contributed by atoms with van der Waals surface area (Å²) in [6, 6.07) is 12.8. The zero-order chi connectivity index (χ0) is 13.8. The van der Waals surface area contributed by atoms with Crippen molar-refractivity contribution in [3.63, 3.8) is 0 Å². The minimum absolute atomic E-state index is 0.0561. The zero-order valence-corrected chi connectivity index (χ0v) is 11.7. The molecule has 2 aromatic carbocycles. The van der Waals surface area contributed by atoms with Gasteiger partial charge in [0.05, 0.1) is 7.11 Å². The first-order chi connectivity index (χ1) is 9.10. The third-order valence-corrected chi connectivity index (χ3v) is 3.22. The van der Waals surface area contributed by atoms with Crippen molar-refractivity contribution in [2.75, 3.05) is 7.11 Å². The second-order valence-electron chi connectivity index (χ2n) is 4.41. The number of Topliss-reactive ketones (excluding diaryl/α,β-unsaturated/α-hetero) is 1. The predicted molar refractivity (Wildman–Crippen MR) is 77.2 cm³/mol. The molecule has 0 saturated carbocycles. The average molecular weight is 275 g/mol. The highest BCUT2D eigenvalue weighted by Gasteiger charge is 2.09. The minimum atomic E-state index is 0.0561. The van der Waals surface area contributed by atoms with E-state index < -0.39 is 0 Å². The molecule has 0 fully saturated rings. The second-order valence-corrected chi connectivity index (χ2v) is 4.85. The molecule has 0 radical (unpaired) electrons. The first-order valence-electron chi connectivity index (χ1n) is 6.02. The van der Waals surface area contributed by atoms with Crippen molar-refractivity contribution < 1.29 is 9.53 Å². The number of benzene rings is 2. The van der Waals surface area contributed by atoms with E-state index in [0.717, 1.165) is 16.9 Å². The maximum absolute atomic E-state index is 12.2. The van der Waals surface area contributed by atoms with Crippen molar-refractivity contribution in [2.45, 2.75) is 13.3 Å². The fourth-order valence-electron chi connectivity index (χ4n) is 1.93. The molecular formula is C16H15ClO2. The fraction of sp³-hybridized carbons (Fsp3) is 0.188. The number of hydrogen-bond donors (Lipinski definition) is 0. The molecule has 3 heteroatoms. The zero-order valence-electron chi connectivity index (χ0n) is 10.9. The van der Waals surface area contributed by atoms with Crippen LogP contribution in [0.4, 0.5) is 0 Å². The fourth-order valence-corrected chi connectivity index (χ4v) is 2.14. The van der Waals surface area contributed by atoms with Crippen LogP contribution in [0.2, 0.25) is 5.02 Å². The lowest BCUT2D eigenvalue weighted by Gasteiger charge is -2.07. The van der Waals surface area contributed by atoms with Gasteiger partial charge in [-0.1, -0.05) is 35.9 Å². The number of halogens is 1. The number of aryl methyl sites for hydroxylation is 1. The van der Waals surface area contributed by atoms with Crippen LogP contribution in [-0.4, -0.2) is 12.9 Å². The smallest absolute Gasteiger partial charge is 0.167 e. The molecule has 19 heavy (non-hydrogen) atoms. The van der Waals surface area contributed by atoms with Gasteiger partial charge in [0.2, 0.25) is 0 Å². The molecule has 0 aliphatic heterocycles. The molecular weight excluding hydrogens is 260 g/mol. The summed E-state index contributed by atoms with van der Waals surface area (Å²) in [5, 5.41) is 0.645. The predicted octanol–water partition coefficient (Wildman–Crippen LogP) is 4.08. The third kappa shape index (κ3) is 3.36. The summed E-state index contributed by atoms with van der Waals surface area (Å²) >= 11 is 5.91. The van der Waals surface area contributed by atoms with Gasteiger partial charge in [0, 0.05) is 17.0 Å². The molecule has 0 unspecified atom stereocenters. The highest BCUT2D eigenvalue weighted by Crippen LogP contribution is 2.20. The Morgan fingerprint density at radius 3 is 2.68 bits per heavy atom. The monoisotopic (exact) mass is 274 g/mol. The number of carbonyl (C=O) groups excluding carboxylic acids is 1. The molecule has 0 aliphatic carbocycles. The van der Waals surface area contributed by atoms with E-state index in [2.05, 4.69) is 0 Å². The lowest BCUT2D eigenvalue weighted by atomic mass is 10.0.